The van der Waals surface area contributed by atoms with E-state index in [2.05, 4.69) is 10.2 Å². The summed E-state index contributed by atoms with van der Waals surface area (Å²) in [6.45, 7) is 0.0886. The number of aliphatic hydroxyl groups is 1. The first-order chi connectivity index (χ1) is 13.2. The Labute approximate surface area is 160 Å². The van der Waals surface area contributed by atoms with E-state index in [-0.39, 0.29) is 30.9 Å². The van der Waals surface area contributed by atoms with Crippen LogP contribution in [0.25, 0.3) is 11.3 Å². The molecular weight excluding hydrogens is 362 g/mol. The van der Waals surface area contributed by atoms with Gasteiger partial charge in [0.2, 0.25) is 0 Å². The third-order valence-electron chi connectivity index (χ3n) is 4.80. The third kappa shape index (κ3) is 2.89. The van der Waals surface area contributed by atoms with E-state index in [1.807, 2.05) is 36.6 Å². The van der Waals surface area contributed by atoms with Crippen molar-refractivity contribution in [2.75, 3.05) is 19.4 Å². The van der Waals surface area contributed by atoms with Crippen LogP contribution in [0.3, 0.4) is 0 Å². The van der Waals surface area contributed by atoms with Gasteiger partial charge in [-0.2, -0.15) is 5.10 Å². The number of benzene rings is 2. The van der Waals surface area contributed by atoms with Crippen molar-refractivity contribution in [2.24, 2.45) is 0 Å². The molecule has 1 atom stereocenters. The number of rotatable bonds is 5. The lowest BCUT2D eigenvalue weighted by molar-refractivity contribution is 0.0706. The van der Waals surface area contributed by atoms with E-state index in [0.29, 0.717) is 17.0 Å². The average molecular weight is 381 g/mol. The molecule has 0 radical (unpaired) electrons. The fourth-order valence-electron chi connectivity index (χ4n) is 3.55. The summed E-state index contributed by atoms with van der Waals surface area (Å²) in [4.78, 5) is 15.7. The fourth-order valence-corrected chi connectivity index (χ4v) is 3.96. The number of nitrogens with one attached hydrogen (secondary N) is 1. The van der Waals surface area contributed by atoms with Crippen molar-refractivity contribution in [1.29, 1.82) is 0 Å². The van der Waals surface area contributed by atoms with Gasteiger partial charge in [-0.15, -0.1) is 11.8 Å². The summed E-state index contributed by atoms with van der Waals surface area (Å²) in [7, 11) is 0. The number of carbonyl (C=O) groups is 1. The summed E-state index contributed by atoms with van der Waals surface area (Å²) in [6.07, 6.45) is 2.01. The summed E-state index contributed by atoms with van der Waals surface area (Å²) in [5.74, 6) is -0.0940. The molecule has 1 unspecified atom stereocenters. The molecule has 2 heterocycles. The van der Waals surface area contributed by atoms with Crippen LogP contribution in [-0.4, -0.2) is 50.6 Å². The van der Waals surface area contributed by atoms with Gasteiger partial charge in [-0.25, -0.2) is 0 Å². The second-order valence-corrected chi connectivity index (χ2v) is 7.16. The summed E-state index contributed by atoms with van der Waals surface area (Å²) in [5, 5.41) is 26.9. The zero-order valence-corrected chi connectivity index (χ0v) is 15.5. The number of hydrogen-bond donors (Lipinski definition) is 3. The van der Waals surface area contributed by atoms with Gasteiger partial charge in [-0.1, -0.05) is 24.3 Å². The van der Waals surface area contributed by atoms with Crippen LogP contribution in [0.4, 0.5) is 0 Å². The molecule has 0 aliphatic carbocycles. The summed E-state index contributed by atoms with van der Waals surface area (Å²) < 4.78 is 0. The number of aromatic amines is 1. The lowest BCUT2D eigenvalue weighted by atomic mass is 9.96. The number of para-hydroxylation sites is 1. The minimum atomic E-state index is -0.371. The number of hydrogen-bond acceptors (Lipinski definition) is 5. The minimum absolute atomic E-state index is 0.108. The molecule has 3 N–H and O–H groups in total. The number of aromatic nitrogens is 2. The van der Waals surface area contributed by atoms with Crippen molar-refractivity contribution in [3.8, 4) is 17.0 Å². The Kier molecular flexibility index (Phi) is 4.63. The maximum Gasteiger partial charge on any atom is 0.273 e. The van der Waals surface area contributed by atoms with Gasteiger partial charge in [-0.3, -0.25) is 9.89 Å². The number of thioether (sulfide) groups is 1. The van der Waals surface area contributed by atoms with Crippen molar-refractivity contribution < 1.29 is 15.0 Å². The Bertz CT molecular complexity index is 984. The molecule has 27 heavy (non-hydrogen) atoms. The molecule has 4 rings (SSSR count). The summed E-state index contributed by atoms with van der Waals surface area (Å²) in [6, 6.07) is 14.6. The molecule has 3 aromatic rings. The van der Waals surface area contributed by atoms with Gasteiger partial charge in [-0.05, 0) is 36.1 Å². The first-order valence-electron chi connectivity index (χ1n) is 8.58. The smallest absolute Gasteiger partial charge is 0.273 e. The van der Waals surface area contributed by atoms with E-state index in [9.17, 15) is 15.0 Å². The van der Waals surface area contributed by atoms with Crippen LogP contribution in [0.5, 0.6) is 5.75 Å². The number of fused-ring (bicyclic) bond motifs is 1. The molecule has 0 spiro atoms. The molecule has 1 aliphatic heterocycles. The molecule has 138 valence electrons. The van der Waals surface area contributed by atoms with E-state index in [0.717, 1.165) is 16.0 Å². The highest BCUT2D eigenvalue weighted by atomic mass is 32.2. The SMILES string of the molecule is CSc1ccc(C2c3c(-c4ccccc4O)n[nH]c3C(=O)N2CCO)cc1. The number of carbonyl (C=O) groups excluding carboxylic acids is 1. The Morgan fingerprint density at radius 3 is 2.59 bits per heavy atom. The third-order valence-corrected chi connectivity index (χ3v) is 5.54. The van der Waals surface area contributed by atoms with Crippen molar-refractivity contribution in [2.45, 2.75) is 10.9 Å². The number of phenolic OH excluding ortho intramolecular Hbond substituents is 1. The highest BCUT2D eigenvalue weighted by molar-refractivity contribution is 7.98. The fraction of sp³-hybridized carbons (Fsp3) is 0.200. The topological polar surface area (TPSA) is 89.5 Å². The second kappa shape index (κ2) is 7.09. The number of phenols is 1. The van der Waals surface area contributed by atoms with Crippen molar-refractivity contribution >= 4 is 17.7 Å². The monoisotopic (exact) mass is 381 g/mol. The Hall–Kier alpha value is -2.77. The largest absolute Gasteiger partial charge is 0.507 e. The van der Waals surface area contributed by atoms with Crippen molar-refractivity contribution in [3.05, 3.63) is 65.4 Å². The first-order valence-corrected chi connectivity index (χ1v) is 9.80. The summed E-state index contributed by atoms with van der Waals surface area (Å²) >= 11 is 1.65. The average Bonchev–Trinajstić information content (AvgIpc) is 3.23. The molecule has 7 heteroatoms. The molecule has 0 bridgehead atoms. The quantitative estimate of drug-likeness (QED) is 0.591. The van der Waals surface area contributed by atoms with Gasteiger partial charge in [0, 0.05) is 22.6 Å². The van der Waals surface area contributed by atoms with E-state index in [1.54, 1.807) is 34.9 Å². The number of H-pyrrole nitrogens is 1. The van der Waals surface area contributed by atoms with Crippen LogP contribution < -0.4 is 0 Å². The maximum absolute atomic E-state index is 12.9. The van der Waals surface area contributed by atoms with Gasteiger partial charge in [0.1, 0.15) is 17.1 Å². The van der Waals surface area contributed by atoms with Gasteiger partial charge in [0.25, 0.3) is 5.91 Å². The second-order valence-electron chi connectivity index (χ2n) is 6.28. The summed E-state index contributed by atoms with van der Waals surface area (Å²) in [5.41, 5.74) is 3.19. The number of amides is 1. The Balaban J connectivity index is 1.88. The predicted molar refractivity (Wildman–Crippen MR) is 104 cm³/mol. The number of nitrogens with zero attached hydrogens (tertiary/aromatic N) is 2. The van der Waals surface area contributed by atoms with Crippen LogP contribution in [0, 0.1) is 0 Å². The lowest BCUT2D eigenvalue weighted by Gasteiger charge is -2.25. The number of β-amino-alcohol motifs (C(OH)–C–C–N with tert-alkyl or cyclic N) is 1. The number of aliphatic hydroxyl groups excluding tert-OH is 1. The predicted octanol–water partition coefficient (Wildman–Crippen LogP) is 3.04. The van der Waals surface area contributed by atoms with Gasteiger partial charge < -0.3 is 15.1 Å². The van der Waals surface area contributed by atoms with Gasteiger partial charge in [0.05, 0.1) is 12.6 Å². The highest BCUT2D eigenvalue weighted by Gasteiger charge is 2.42. The lowest BCUT2D eigenvalue weighted by Crippen LogP contribution is -2.32. The highest BCUT2D eigenvalue weighted by Crippen LogP contribution is 2.44. The van der Waals surface area contributed by atoms with E-state index in [1.165, 1.54) is 0 Å². The van der Waals surface area contributed by atoms with E-state index >= 15 is 0 Å². The van der Waals surface area contributed by atoms with Crippen LogP contribution in [0.15, 0.2) is 53.4 Å². The Morgan fingerprint density at radius 2 is 1.93 bits per heavy atom. The van der Waals surface area contributed by atoms with E-state index in [4.69, 9.17) is 0 Å². The van der Waals surface area contributed by atoms with Crippen LogP contribution in [0.1, 0.15) is 27.7 Å². The van der Waals surface area contributed by atoms with Crippen LogP contribution >= 0.6 is 11.8 Å². The van der Waals surface area contributed by atoms with Crippen LogP contribution in [0.2, 0.25) is 0 Å². The molecular formula is C20H19N3O3S. The van der Waals surface area contributed by atoms with Gasteiger partial charge in [0.15, 0.2) is 0 Å². The van der Waals surface area contributed by atoms with E-state index < -0.39 is 0 Å². The standard InChI is InChI=1S/C20H19N3O3S/c1-27-13-8-6-12(7-9-13)19-16-17(14-4-2-3-5-15(14)25)21-22-18(16)20(26)23(19)10-11-24/h2-9,19,24-25H,10-11H2,1H3,(H,21,22). The molecule has 0 fully saturated rings. The molecule has 2 aromatic carbocycles. The van der Waals surface area contributed by atoms with Crippen molar-refractivity contribution in [3.63, 3.8) is 0 Å². The Morgan fingerprint density at radius 1 is 1.19 bits per heavy atom. The zero-order valence-electron chi connectivity index (χ0n) is 14.7. The molecule has 1 aromatic heterocycles. The maximum atomic E-state index is 12.9. The number of aromatic hydroxyl groups is 1. The molecule has 0 saturated carbocycles. The molecule has 1 amide bonds. The molecule has 6 nitrogen and oxygen atoms in total. The van der Waals surface area contributed by atoms with Crippen LogP contribution in [-0.2, 0) is 0 Å². The van der Waals surface area contributed by atoms with Crippen molar-refractivity contribution in [1.82, 2.24) is 15.1 Å². The first kappa shape index (κ1) is 17.6. The zero-order chi connectivity index (χ0) is 19.0. The minimum Gasteiger partial charge on any atom is -0.507 e. The van der Waals surface area contributed by atoms with Gasteiger partial charge >= 0.3 is 0 Å². The molecule has 0 saturated heterocycles. The molecule has 1 aliphatic rings. The normalized spacial score (nSPS) is 16.0.